The second kappa shape index (κ2) is 8.54. The van der Waals surface area contributed by atoms with Gasteiger partial charge in [-0.3, -0.25) is 4.79 Å². The lowest BCUT2D eigenvalue weighted by atomic mass is 9.78. The minimum absolute atomic E-state index is 0.129. The topological polar surface area (TPSA) is 55.6 Å². The minimum atomic E-state index is 0.129. The summed E-state index contributed by atoms with van der Waals surface area (Å²) in [6.07, 6.45) is 5.46. The van der Waals surface area contributed by atoms with Crippen LogP contribution in [0.2, 0.25) is 0 Å². The van der Waals surface area contributed by atoms with Gasteiger partial charge < -0.3 is 15.4 Å². The van der Waals surface area contributed by atoms with Crippen LogP contribution < -0.4 is 5.73 Å². The molecule has 1 aliphatic carbocycles. The molecule has 1 amide bonds. The van der Waals surface area contributed by atoms with Crippen molar-refractivity contribution in [1.82, 2.24) is 4.90 Å². The Labute approximate surface area is 117 Å². The van der Waals surface area contributed by atoms with Crippen LogP contribution in [-0.4, -0.2) is 43.7 Å². The first-order valence-corrected chi connectivity index (χ1v) is 7.65. The number of ether oxygens (including phenoxy) is 1. The van der Waals surface area contributed by atoms with Crippen molar-refractivity contribution in [2.75, 3.05) is 26.8 Å². The zero-order valence-corrected chi connectivity index (χ0v) is 12.7. The number of methoxy groups -OCH3 is 1. The summed E-state index contributed by atoms with van der Waals surface area (Å²) in [7, 11) is 1.68. The molecule has 0 aromatic rings. The summed E-state index contributed by atoms with van der Waals surface area (Å²) in [4.78, 5) is 14.8. The van der Waals surface area contributed by atoms with Gasteiger partial charge in [0, 0.05) is 25.6 Å². The number of carbonyl (C=O) groups excluding carboxylic acids is 1. The van der Waals surface area contributed by atoms with Crippen LogP contribution >= 0.6 is 0 Å². The Kier molecular flexibility index (Phi) is 7.39. The van der Waals surface area contributed by atoms with E-state index < -0.39 is 0 Å². The van der Waals surface area contributed by atoms with Crippen molar-refractivity contribution in [3.63, 3.8) is 0 Å². The molecule has 0 radical (unpaired) electrons. The predicted molar refractivity (Wildman–Crippen MR) is 77.8 cm³/mol. The summed E-state index contributed by atoms with van der Waals surface area (Å²) < 4.78 is 5.14. The maximum absolute atomic E-state index is 12.8. The molecule has 0 spiro atoms. The molecule has 1 fully saturated rings. The number of rotatable bonds is 7. The van der Waals surface area contributed by atoms with E-state index in [1.807, 2.05) is 4.90 Å². The second-order valence-corrected chi connectivity index (χ2v) is 5.67. The summed E-state index contributed by atoms with van der Waals surface area (Å²) >= 11 is 0. The van der Waals surface area contributed by atoms with Gasteiger partial charge in [-0.15, -0.1) is 0 Å². The second-order valence-electron chi connectivity index (χ2n) is 5.67. The number of hydrogen-bond donors (Lipinski definition) is 1. The van der Waals surface area contributed by atoms with Crippen molar-refractivity contribution in [3.05, 3.63) is 0 Å². The molecule has 112 valence electrons. The zero-order chi connectivity index (χ0) is 14.3. The van der Waals surface area contributed by atoms with Crippen LogP contribution in [0.25, 0.3) is 0 Å². The van der Waals surface area contributed by atoms with Crippen LogP contribution in [0.3, 0.4) is 0 Å². The van der Waals surface area contributed by atoms with E-state index in [0.29, 0.717) is 31.5 Å². The average Bonchev–Trinajstić information content (AvgIpc) is 2.46. The molecule has 4 nitrogen and oxygen atoms in total. The zero-order valence-electron chi connectivity index (χ0n) is 12.7. The van der Waals surface area contributed by atoms with Gasteiger partial charge in [0.15, 0.2) is 0 Å². The number of carbonyl (C=O) groups is 1. The molecule has 0 aromatic heterocycles. The molecule has 3 unspecified atom stereocenters. The van der Waals surface area contributed by atoms with E-state index in [9.17, 15) is 4.79 Å². The van der Waals surface area contributed by atoms with Crippen LogP contribution in [-0.2, 0) is 9.53 Å². The van der Waals surface area contributed by atoms with E-state index in [2.05, 4.69) is 13.8 Å². The molecular formula is C15H30N2O2. The Bertz CT molecular complexity index is 271. The SMILES string of the molecule is CCC(C)N(CCOC)C(=O)C1CCCCC1CN. The molecule has 1 aliphatic rings. The largest absolute Gasteiger partial charge is 0.383 e. The summed E-state index contributed by atoms with van der Waals surface area (Å²) in [6.45, 7) is 6.18. The van der Waals surface area contributed by atoms with Gasteiger partial charge in [0.05, 0.1) is 6.61 Å². The predicted octanol–water partition coefficient (Wildman–Crippen LogP) is 2.02. The summed E-state index contributed by atoms with van der Waals surface area (Å²) in [5, 5.41) is 0. The maximum Gasteiger partial charge on any atom is 0.226 e. The fourth-order valence-corrected chi connectivity index (χ4v) is 2.99. The quantitative estimate of drug-likeness (QED) is 0.770. The van der Waals surface area contributed by atoms with Gasteiger partial charge in [-0.1, -0.05) is 19.8 Å². The van der Waals surface area contributed by atoms with Crippen LogP contribution in [0.5, 0.6) is 0 Å². The van der Waals surface area contributed by atoms with E-state index in [4.69, 9.17) is 10.5 Å². The highest BCUT2D eigenvalue weighted by atomic mass is 16.5. The highest BCUT2D eigenvalue weighted by Gasteiger charge is 2.33. The lowest BCUT2D eigenvalue weighted by Crippen LogP contribution is -2.47. The summed E-state index contributed by atoms with van der Waals surface area (Å²) in [5.74, 6) is 0.793. The van der Waals surface area contributed by atoms with E-state index >= 15 is 0 Å². The monoisotopic (exact) mass is 270 g/mol. The van der Waals surface area contributed by atoms with Gasteiger partial charge in [0.25, 0.3) is 0 Å². The minimum Gasteiger partial charge on any atom is -0.383 e. The first-order chi connectivity index (χ1) is 9.15. The van der Waals surface area contributed by atoms with Gasteiger partial charge >= 0.3 is 0 Å². The third-order valence-electron chi connectivity index (χ3n) is 4.47. The first kappa shape index (κ1) is 16.4. The van der Waals surface area contributed by atoms with E-state index in [1.165, 1.54) is 6.42 Å². The highest BCUT2D eigenvalue weighted by Crippen LogP contribution is 2.31. The molecule has 2 N–H and O–H groups in total. The molecule has 1 saturated carbocycles. The van der Waals surface area contributed by atoms with Gasteiger partial charge in [0.1, 0.15) is 0 Å². The molecular weight excluding hydrogens is 240 g/mol. The van der Waals surface area contributed by atoms with Gasteiger partial charge in [0.2, 0.25) is 5.91 Å². The standard InChI is InChI=1S/C15H30N2O2/c1-4-12(2)17(9-10-19-3)15(18)14-8-6-5-7-13(14)11-16/h12-14H,4-11,16H2,1-3H3. The third kappa shape index (κ3) is 4.46. The Balaban J connectivity index is 2.72. The van der Waals surface area contributed by atoms with Crippen molar-refractivity contribution in [2.24, 2.45) is 17.6 Å². The van der Waals surface area contributed by atoms with Crippen LogP contribution in [0, 0.1) is 11.8 Å². The van der Waals surface area contributed by atoms with E-state index in [0.717, 1.165) is 25.7 Å². The van der Waals surface area contributed by atoms with Gasteiger partial charge in [-0.25, -0.2) is 0 Å². The number of amides is 1. The maximum atomic E-state index is 12.8. The van der Waals surface area contributed by atoms with Gasteiger partial charge in [-0.2, -0.15) is 0 Å². The van der Waals surface area contributed by atoms with Gasteiger partial charge in [-0.05, 0) is 38.6 Å². The number of hydrogen-bond acceptors (Lipinski definition) is 3. The molecule has 1 rings (SSSR count). The Morgan fingerprint density at radius 3 is 2.68 bits per heavy atom. The number of nitrogens with zero attached hydrogens (tertiary/aromatic N) is 1. The van der Waals surface area contributed by atoms with Crippen molar-refractivity contribution in [1.29, 1.82) is 0 Å². The van der Waals surface area contributed by atoms with E-state index in [1.54, 1.807) is 7.11 Å². The fraction of sp³-hybridized carbons (Fsp3) is 0.933. The molecule has 0 aliphatic heterocycles. The summed E-state index contributed by atoms with van der Waals surface area (Å²) in [5.41, 5.74) is 5.84. The van der Waals surface area contributed by atoms with Crippen molar-refractivity contribution in [3.8, 4) is 0 Å². The molecule has 3 atom stereocenters. The van der Waals surface area contributed by atoms with E-state index in [-0.39, 0.29) is 12.0 Å². The van der Waals surface area contributed by atoms with Crippen molar-refractivity contribution < 1.29 is 9.53 Å². The average molecular weight is 270 g/mol. The van der Waals surface area contributed by atoms with Crippen molar-refractivity contribution >= 4 is 5.91 Å². The lowest BCUT2D eigenvalue weighted by molar-refractivity contribution is -0.141. The molecule has 19 heavy (non-hydrogen) atoms. The lowest BCUT2D eigenvalue weighted by Gasteiger charge is -2.36. The Hall–Kier alpha value is -0.610. The van der Waals surface area contributed by atoms with Crippen LogP contribution in [0.1, 0.15) is 46.0 Å². The molecule has 0 saturated heterocycles. The first-order valence-electron chi connectivity index (χ1n) is 7.65. The molecule has 0 bridgehead atoms. The number of nitrogens with two attached hydrogens (primary N) is 1. The summed E-state index contributed by atoms with van der Waals surface area (Å²) in [6, 6.07) is 0.281. The molecule has 4 heteroatoms. The molecule has 0 aromatic carbocycles. The Morgan fingerprint density at radius 2 is 2.11 bits per heavy atom. The van der Waals surface area contributed by atoms with Crippen LogP contribution in [0.4, 0.5) is 0 Å². The highest BCUT2D eigenvalue weighted by molar-refractivity contribution is 5.79. The normalized spacial score (nSPS) is 25.1. The Morgan fingerprint density at radius 1 is 1.42 bits per heavy atom. The smallest absolute Gasteiger partial charge is 0.226 e. The van der Waals surface area contributed by atoms with Crippen LogP contribution in [0.15, 0.2) is 0 Å². The van der Waals surface area contributed by atoms with Crippen molar-refractivity contribution in [2.45, 2.75) is 52.0 Å². The molecule has 0 heterocycles. The third-order valence-corrected chi connectivity index (χ3v) is 4.47. The fourth-order valence-electron chi connectivity index (χ4n) is 2.99.